The lowest BCUT2D eigenvalue weighted by atomic mass is 10.3. The van der Waals surface area contributed by atoms with Gasteiger partial charge in [-0.3, -0.25) is 4.72 Å². The average molecular weight is 310 g/mol. The number of hydrogen-bond donors (Lipinski definition) is 1. The summed E-state index contributed by atoms with van der Waals surface area (Å²) in [6.45, 7) is 0. The maximum Gasteiger partial charge on any atom is 0.340 e. The van der Waals surface area contributed by atoms with Crippen LogP contribution in [0, 0.1) is 5.82 Å². The molecular weight excluding hydrogens is 299 g/mol. The van der Waals surface area contributed by atoms with Gasteiger partial charge in [-0.1, -0.05) is 6.07 Å². The van der Waals surface area contributed by atoms with Crippen LogP contribution in [0.1, 0.15) is 10.4 Å². The highest BCUT2D eigenvalue weighted by molar-refractivity contribution is 7.92. The first-order valence-electron chi connectivity index (χ1n) is 5.76. The maximum atomic E-state index is 13.1. The molecule has 1 heterocycles. The fourth-order valence-corrected chi connectivity index (χ4v) is 2.80. The number of ether oxygens (including phenoxy) is 1. The second-order valence-corrected chi connectivity index (χ2v) is 5.56. The third-order valence-corrected chi connectivity index (χ3v) is 3.85. The molecular formula is C13H11FN2O4S. The fraction of sp³-hybridized carbons (Fsp3) is 0.0769. The van der Waals surface area contributed by atoms with E-state index < -0.39 is 26.8 Å². The summed E-state index contributed by atoms with van der Waals surface area (Å²) in [5.74, 6) is -1.42. The SMILES string of the molecule is COC(=O)c1cccnc1S(=O)(=O)Nc1cccc(F)c1. The van der Waals surface area contributed by atoms with Crippen molar-refractivity contribution in [1.82, 2.24) is 4.98 Å². The van der Waals surface area contributed by atoms with Gasteiger partial charge in [0.15, 0.2) is 5.03 Å². The number of rotatable bonds is 4. The fourth-order valence-electron chi connectivity index (χ4n) is 1.63. The summed E-state index contributed by atoms with van der Waals surface area (Å²) in [4.78, 5) is 15.3. The topological polar surface area (TPSA) is 85.4 Å². The average Bonchev–Trinajstić information content (AvgIpc) is 2.46. The van der Waals surface area contributed by atoms with Gasteiger partial charge in [-0.15, -0.1) is 0 Å². The predicted molar refractivity (Wildman–Crippen MR) is 72.8 cm³/mol. The molecule has 0 saturated carbocycles. The summed E-state index contributed by atoms with van der Waals surface area (Å²) in [6.07, 6.45) is 1.23. The number of methoxy groups -OCH3 is 1. The molecule has 21 heavy (non-hydrogen) atoms. The lowest BCUT2D eigenvalue weighted by molar-refractivity contribution is 0.0595. The van der Waals surface area contributed by atoms with Crippen molar-refractivity contribution in [2.45, 2.75) is 5.03 Å². The number of nitrogens with one attached hydrogen (secondary N) is 1. The molecule has 6 nitrogen and oxygen atoms in total. The molecule has 0 saturated heterocycles. The first-order chi connectivity index (χ1) is 9.94. The molecule has 2 aromatic rings. The van der Waals surface area contributed by atoms with Crippen LogP contribution in [0.3, 0.4) is 0 Å². The van der Waals surface area contributed by atoms with Crippen LogP contribution in [0.25, 0.3) is 0 Å². The van der Waals surface area contributed by atoms with Gasteiger partial charge >= 0.3 is 5.97 Å². The van der Waals surface area contributed by atoms with Crippen LogP contribution in [-0.2, 0) is 14.8 Å². The molecule has 0 aliphatic heterocycles. The Labute approximate surface area is 120 Å². The van der Waals surface area contributed by atoms with Crippen molar-refractivity contribution in [3.05, 3.63) is 54.0 Å². The number of esters is 1. The summed E-state index contributed by atoms with van der Waals surface area (Å²) < 4.78 is 44.2. The zero-order valence-corrected chi connectivity index (χ0v) is 11.7. The quantitative estimate of drug-likeness (QED) is 0.870. The third kappa shape index (κ3) is 3.34. The Bertz CT molecular complexity index is 777. The maximum absolute atomic E-state index is 13.1. The van der Waals surface area contributed by atoms with E-state index in [-0.39, 0.29) is 11.3 Å². The number of sulfonamides is 1. The molecule has 0 spiro atoms. The van der Waals surface area contributed by atoms with Crippen molar-refractivity contribution in [3.63, 3.8) is 0 Å². The van der Waals surface area contributed by atoms with E-state index in [1.807, 2.05) is 0 Å². The van der Waals surface area contributed by atoms with E-state index in [2.05, 4.69) is 14.4 Å². The lowest BCUT2D eigenvalue weighted by Crippen LogP contribution is -2.19. The molecule has 0 aliphatic rings. The molecule has 0 unspecified atom stereocenters. The highest BCUT2D eigenvalue weighted by Crippen LogP contribution is 2.18. The van der Waals surface area contributed by atoms with Gasteiger partial charge in [0.05, 0.1) is 18.4 Å². The van der Waals surface area contributed by atoms with Crippen molar-refractivity contribution in [2.24, 2.45) is 0 Å². The van der Waals surface area contributed by atoms with Gasteiger partial charge in [0.2, 0.25) is 0 Å². The van der Waals surface area contributed by atoms with Crippen molar-refractivity contribution >= 4 is 21.7 Å². The van der Waals surface area contributed by atoms with Gasteiger partial charge in [0.1, 0.15) is 5.82 Å². The number of benzene rings is 1. The van der Waals surface area contributed by atoms with Crippen LogP contribution >= 0.6 is 0 Å². The zero-order valence-electron chi connectivity index (χ0n) is 10.9. The summed E-state index contributed by atoms with van der Waals surface area (Å²) in [6, 6.07) is 7.61. The Morgan fingerprint density at radius 1 is 1.29 bits per heavy atom. The van der Waals surface area contributed by atoms with Crippen molar-refractivity contribution in [2.75, 3.05) is 11.8 Å². The summed E-state index contributed by atoms with van der Waals surface area (Å²) in [5.41, 5.74) is -0.180. The van der Waals surface area contributed by atoms with E-state index in [9.17, 15) is 17.6 Å². The Hall–Kier alpha value is -2.48. The summed E-state index contributed by atoms with van der Waals surface area (Å²) >= 11 is 0. The van der Waals surface area contributed by atoms with E-state index >= 15 is 0 Å². The largest absolute Gasteiger partial charge is 0.465 e. The van der Waals surface area contributed by atoms with E-state index in [0.29, 0.717) is 0 Å². The molecule has 0 amide bonds. The standard InChI is InChI=1S/C13H11FN2O4S/c1-20-13(17)11-6-3-7-15-12(11)21(18,19)16-10-5-2-4-9(14)8-10/h2-8,16H,1H3. The monoisotopic (exact) mass is 310 g/mol. The second kappa shape index (κ2) is 5.88. The van der Waals surface area contributed by atoms with Gasteiger partial charge in [0.25, 0.3) is 10.0 Å². The lowest BCUT2D eigenvalue weighted by Gasteiger charge is -2.10. The number of anilines is 1. The Morgan fingerprint density at radius 2 is 2.05 bits per heavy atom. The first-order valence-corrected chi connectivity index (χ1v) is 7.24. The Balaban J connectivity index is 2.43. The molecule has 1 N–H and O–H groups in total. The highest BCUT2D eigenvalue weighted by atomic mass is 32.2. The molecule has 0 bridgehead atoms. The summed E-state index contributed by atoms with van der Waals surface area (Å²) in [7, 11) is -3.01. The molecule has 0 aliphatic carbocycles. The molecule has 8 heteroatoms. The minimum absolute atomic E-state index is 0.0245. The Kier molecular flexibility index (Phi) is 4.18. The number of pyridine rings is 1. The zero-order chi connectivity index (χ0) is 15.5. The summed E-state index contributed by atoms with van der Waals surface area (Å²) in [5, 5.41) is -0.485. The van der Waals surface area contributed by atoms with Gasteiger partial charge < -0.3 is 4.74 Å². The van der Waals surface area contributed by atoms with Gasteiger partial charge in [-0.05, 0) is 30.3 Å². The molecule has 110 valence electrons. The number of halogens is 1. The minimum atomic E-state index is -4.14. The van der Waals surface area contributed by atoms with Crippen molar-refractivity contribution < 1.29 is 22.3 Å². The number of carbonyl (C=O) groups excluding carboxylic acids is 1. The molecule has 0 fully saturated rings. The van der Waals surface area contributed by atoms with Crippen LogP contribution in [0.15, 0.2) is 47.6 Å². The minimum Gasteiger partial charge on any atom is -0.465 e. The van der Waals surface area contributed by atoms with Gasteiger partial charge in [-0.2, -0.15) is 8.42 Å². The Morgan fingerprint density at radius 3 is 2.71 bits per heavy atom. The second-order valence-electron chi connectivity index (χ2n) is 3.96. The van der Waals surface area contributed by atoms with Crippen LogP contribution < -0.4 is 4.72 Å². The van der Waals surface area contributed by atoms with Gasteiger partial charge in [0, 0.05) is 6.20 Å². The van der Waals surface area contributed by atoms with E-state index in [4.69, 9.17) is 0 Å². The molecule has 1 aromatic heterocycles. The van der Waals surface area contributed by atoms with E-state index in [1.54, 1.807) is 0 Å². The number of aromatic nitrogens is 1. The van der Waals surface area contributed by atoms with Crippen LogP contribution in [0.4, 0.5) is 10.1 Å². The molecule has 2 rings (SSSR count). The van der Waals surface area contributed by atoms with Crippen molar-refractivity contribution in [1.29, 1.82) is 0 Å². The number of carbonyl (C=O) groups is 1. The third-order valence-electron chi connectivity index (χ3n) is 2.51. The van der Waals surface area contributed by atoms with Crippen LogP contribution in [0.2, 0.25) is 0 Å². The van der Waals surface area contributed by atoms with Crippen LogP contribution in [-0.4, -0.2) is 26.5 Å². The van der Waals surface area contributed by atoms with Crippen molar-refractivity contribution in [3.8, 4) is 0 Å². The molecule has 1 aromatic carbocycles. The first kappa shape index (κ1) is 14.9. The highest BCUT2D eigenvalue weighted by Gasteiger charge is 2.24. The van der Waals surface area contributed by atoms with Gasteiger partial charge in [-0.25, -0.2) is 14.2 Å². The van der Waals surface area contributed by atoms with Crippen LogP contribution in [0.5, 0.6) is 0 Å². The normalized spacial score (nSPS) is 11.0. The smallest absolute Gasteiger partial charge is 0.340 e. The van der Waals surface area contributed by atoms with E-state index in [0.717, 1.165) is 13.2 Å². The van der Waals surface area contributed by atoms with E-state index in [1.165, 1.54) is 36.5 Å². The number of nitrogens with zero attached hydrogens (tertiary/aromatic N) is 1. The predicted octanol–water partition coefficient (Wildman–Crippen LogP) is 1.81. The number of hydrogen-bond acceptors (Lipinski definition) is 5. The molecule has 0 atom stereocenters. The molecule has 0 radical (unpaired) electrons.